The van der Waals surface area contributed by atoms with Crippen LogP contribution in [0.2, 0.25) is 0 Å². The number of allylic oxidation sites excluding steroid dienone is 2. The zero-order chi connectivity index (χ0) is 22.0. The summed E-state index contributed by atoms with van der Waals surface area (Å²) in [6, 6.07) is 5.75. The van der Waals surface area contributed by atoms with Crippen LogP contribution in [0.3, 0.4) is 0 Å². The third-order valence-electron chi connectivity index (χ3n) is 6.57. The number of ether oxygens (including phenoxy) is 2. The molecule has 0 spiro atoms. The van der Waals surface area contributed by atoms with E-state index in [0.29, 0.717) is 30.2 Å². The third-order valence-corrected chi connectivity index (χ3v) is 6.57. The smallest absolute Gasteiger partial charge is 0.232 e. The first-order valence-corrected chi connectivity index (χ1v) is 11.4. The Hall–Kier alpha value is -2.76. The van der Waals surface area contributed by atoms with Crippen LogP contribution >= 0.6 is 0 Å². The Kier molecular flexibility index (Phi) is 6.35. The van der Waals surface area contributed by atoms with Gasteiger partial charge >= 0.3 is 0 Å². The van der Waals surface area contributed by atoms with Crippen molar-refractivity contribution >= 4 is 11.7 Å². The van der Waals surface area contributed by atoms with E-state index in [2.05, 4.69) is 11.9 Å². The molecule has 1 aromatic carbocycles. The molecule has 0 saturated carbocycles. The average molecular weight is 425 g/mol. The van der Waals surface area contributed by atoms with Crippen molar-refractivity contribution in [2.75, 3.05) is 26.8 Å². The van der Waals surface area contributed by atoms with Crippen LogP contribution in [0.15, 0.2) is 41.7 Å². The minimum Gasteiger partial charge on any atom is -0.493 e. The highest BCUT2D eigenvalue weighted by Crippen LogP contribution is 2.46. The maximum Gasteiger partial charge on any atom is 0.232 e. The Balaban J connectivity index is 1.80. The first-order valence-electron chi connectivity index (χ1n) is 11.4. The Morgan fingerprint density at radius 1 is 1.16 bits per heavy atom. The van der Waals surface area contributed by atoms with Crippen LogP contribution in [0.25, 0.3) is 0 Å². The molecule has 4 rings (SSSR count). The molecule has 31 heavy (non-hydrogen) atoms. The summed E-state index contributed by atoms with van der Waals surface area (Å²) in [5.41, 5.74) is 3.23. The summed E-state index contributed by atoms with van der Waals surface area (Å²) in [6.45, 7) is 8.22. The molecule has 1 fully saturated rings. The van der Waals surface area contributed by atoms with E-state index in [4.69, 9.17) is 9.47 Å². The number of hydrogen-bond acceptors (Lipinski definition) is 5. The summed E-state index contributed by atoms with van der Waals surface area (Å²) in [4.78, 5) is 28.7. The van der Waals surface area contributed by atoms with E-state index in [1.54, 1.807) is 7.11 Å². The number of rotatable bonds is 5. The number of likely N-dealkylation sites (tertiary alicyclic amines) is 1. The highest BCUT2D eigenvalue weighted by atomic mass is 16.5. The molecule has 0 aromatic heterocycles. The van der Waals surface area contributed by atoms with Gasteiger partial charge in [-0.2, -0.15) is 0 Å². The van der Waals surface area contributed by atoms with E-state index in [1.165, 1.54) is 0 Å². The fraction of sp³-hybridized carbons (Fsp3) is 0.520. The maximum absolute atomic E-state index is 13.7. The van der Waals surface area contributed by atoms with Crippen LogP contribution in [0.4, 0.5) is 0 Å². The number of ketones is 1. The van der Waals surface area contributed by atoms with Crippen LogP contribution in [0, 0.1) is 5.92 Å². The van der Waals surface area contributed by atoms with Gasteiger partial charge in [-0.1, -0.05) is 12.6 Å². The third kappa shape index (κ3) is 4.08. The van der Waals surface area contributed by atoms with Crippen molar-refractivity contribution in [1.82, 2.24) is 10.2 Å². The summed E-state index contributed by atoms with van der Waals surface area (Å²) in [6.07, 6.45) is 5.33. The van der Waals surface area contributed by atoms with Crippen molar-refractivity contribution in [3.05, 3.63) is 47.3 Å². The fourth-order valence-corrected chi connectivity index (χ4v) is 5.11. The molecule has 0 bridgehead atoms. The summed E-state index contributed by atoms with van der Waals surface area (Å²) in [5.74, 6) is 0.565. The second kappa shape index (κ2) is 9.16. The van der Waals surface area contributed by atoms with Crippen LogP contribution in [-0.4, -0.2) is 43.4 Å². The lowest BCUT2D eigenvalue weighted by atomic mass is 9.71. The molecular weight excluding hydrogens is 392 g/mol. The number of amides is 1. The van der Waals surface area contributed by atoms with Gasteiger partial charge in [0, 0.05) is 42.4 Å². The molecule has 3 aliphatic rings. The number of hydrogen-bond donors (Lipinski definition) is 1. The lowest BCUT2D eigenvalue weighted by molar-refractivity contribution is -0.136. The van der Waals surface area contributed by atoms with Crippen molar-refractivity contribution in [1.29, 1.82) is 0 Å². The van der Waals surface area contributed by atoms with Gasteiger partial charge in [-0.25, -0.2) is 0 Å². The molecular formula is C25H32N2O4. The number of piperidine rings is 1. The van der Waals surface area contributed by atoms with Crippen LogP contribution < -0.4 is 14.8 Å². The number of nitrogens with zero attached hydrogens (tertiary/aromatic N) is 1. The lowest BCUT2D eigenvalue weighted by Crippen LogP contribution is -2.47. The van der Waals surface area contributed by atoms with Crippen molar-refractivity contribution in [2.24, 2.45) is 5.92 Å². The monoisotopic (exact) mass is 424 g/mol. The standard InChI is InChI=1S/C25H32N2O4/c1-4-31-20-12-11-17(15-21(20)30-3)23-22(25(29)27-13-6-5-7-14-27)16(2)26-18-9-8-10-19(28)24(18)23/h11-12,15,22-23,26H,2,4-10,13-14H2,1,3H3. The zero-order valence-corrected chi connectivity index (χ0v) is 18.5. The fourth-order valence-electron chi connectivity index (χ4n) is 5.11. The number of Topliss-reactive ketones (excluding diaryl/α,β-unsaturated/α-hetero) is 1. The van der Waals surface area contributed by atoms with E-state index in [-0.39, 0.29) is 17.6 Å². The summed E-state index contributed by atoms with van der Waals surface area (Å²) >= 11 is 0. The molecule has 2 unspecified atom stereocenters. The Morgan fingerprint density at radius 2 is 1.94 bits per heavy atom. The van der Waals surface area contributed by atoms with Crippen molar-refractivity contribution in [2.45, 2.75) is 51.4 Å². The molecule has 1 aromatic rings. The van der Waals surface area contributed by atoms with Gasteiger partial charge in [0.1, 0.15) is 0 Å². The molecule has 1 amide bonds. The van der Waals surface area contributed by atoms with E-state index < -0.39 is 5.92 Å². The van der Waals surface area contributed by atoms with Gasteiger partial charge in [-0.15, -0.1) is 0 Å². The molecule has 2 aliphatic heterocycles. The summed E-state index contributed by atoms with van der Waals surface area (Å²) < 4.78 is 11.3. The van der Waals surface area contributed by atoms with E-state index >= 15 is 0 Å². The number of nitrogens with one attached hydrogen (secondary N) is 1. The van der Waals surface area contributed by atoms with Crippen LogP contribution in [0.1, 0.15) is 56.9 Å². The van der Waals surface area contributed by atoms with Gasteiger partial charge < -0.3 is 19.7 Å². The van der Waals surface area contributed by atoms with Gasteiger partial charge in [0.2, 0.25) is 5.91 Å². The minimum absolute atomic E-state index is 0.0555. The number of methoxy groups -OCH3 is 1. The number of carbonyl (C=O) groups is 2. The van der Waals surface area contributed by atoms with E-state index in [1.807, 2.05) is 30.0 Å². The number of carbonyl (C=O) groups excluding carboxylic acids is 2. The molecule has 1 aliphatic carbocycles. The first-order chi connectivity index (χ1) is 15.0. The average Bonchev–Trinajstić information content (AvgIpc) is 2.79. The topological polar surface area (TPSA) is 67.9 Å². The second-order valence-corrected chi connectivity index (χ2v) is 8.50. The van der Waals surface area contributed by atoms with Crippen molar-refractivity contribution in [3.8, 4) is 11.5 Å². The Labute approximate surface area is 184 Å². The SMILES string of the molecule is C=C1NC2=C(C(=O)CCC2)C(c2ccc(OCC)c(OC)c2)C1C(=O)N1CCCCC1. The molecule has 6 heteroatoms. The molecule has 6 nitrogen and oxygen atoms in total. The van der Waals surface area contributed by atoms with Crippen LogP contribution in [0.5, 0.6) is 11.5 Å². The quantitative estimate of drug-likeness (QED) is 0.776. The first kappa shape index (κ1) is 21.5. The van der Waals surface area contributed by atoms with Crippen molar-refractivity contribution in [3.63, 3.8) is 0 Å². The second-order valence-electron chi connectivity index (χ2n) is 8.50. The highest BCUT2D eigenvalue weighted by Gasteiger charge is 2.44. The van der Waals surface area contributed by atoms with E-state index in [9.17, 15) is 9.59 Å². The normalized spacial score (nSPS) is 23.9. The lowest BCUT2D eigenvalue weighted by Gasteiger charge is -2.41. The molecule has 166 valence electrons. The van der Waals surface area contributed by atoms with Gasteiger partial charge in [0.15, 0.2) is 17.3 Å². The largest absolute Gasteiger partial charge is 0.493 e. The predicted molar refractivity (Wildman–Crippen MR) is 119 cm³/mol. The predicted octanol–water partition coefficient (Wildman–Crippen LogP) is 3.93. The molecule has 1 saturated heterocycles. The molecule has 2 atom stereocenters. The van der Waals surface area contributed by atoms with Crippen molar-refractivity contribution < 1.29 is 19.1 Å². The number of benzene rings is 1. The molecule has 1 N–H and O–H groups in total. The minimum atomic E-state index is -0.512. The molecule has 2 heterocycles. The van der Waals surface area contributed by atoms with E-state index in [0.717, 1.165) is 62.0 Å². The Bertz CT molecular complexity index is 914. The zero-order valence-electron chi connectivity index (χ0n) is 18.5. The Morgan fingerprint density at radius 3 is 2.65 bits per heavy atom. The van der Waals surface area contributed by atoms with Gasteiger partial charge in [0.25, 0.3) is 0 Å². The van der Waals surface area contributed by atoms with Gasteiger partial charge in [-0.05, 0) is 56.7 Å². The summed E-state index contributed by atoms with van der Waals surface area (Å²) in [5, 5.41) is 3.34. The highest BCUT2D eigenvalue weighted by molar-refractivity contribution is 6.00. The molecule has 0 radical (unpaired) electrons. The summed E-state index contributed by atoms with van der Waals surface area (Å²) in [7, 11) is 1.61. The van der Waals surface area contributed by atoms with Crippen LogP contribution in [-0.2, 0) is 9.59 Å². The maximum atomic E-state index is 13.7. The van der Waals surface area contributed by atoms with Gasteiger partial charge in [0.05, 0.1) is 19.6 Å². The van der Waals surface area contributed by atoms with Gasteiger partial charge in [-0.3, -0.25) is 9.59 Å².